The summed E-state index contributed by atoms with van der Waals surface area (Å²) in [5.41, 5.74) is 5.17. The normalized spacial score (nSPS) is 19.7. The zero-order valence-electron chi connectivity index (χ0n) is 19.8. The van der Waals surface area contributed by atoms with Gasteiger partial charge in [-0.25, -0.2) is 15.0 Å². The van der Waals surface area contributed by atoms with Crippen LogP contribution in [0.5, 0.6) is 0 Å². The number of hydrogen-bond acceptors (Lipinski definition) is 8. The molecule has 2 amide bonds. The van der Waals surface area contributed by atoms with E-state index in [0.717, 1.165) is 32.1 Å². The molecule has 10 nitrogen and oxygen atoms in total. The lowest BCUT2D eigenvalue weighted by Crippen LogP contribution is -2.41. The number of aryl methyl sites for hydroxylation is 1. The van der Waals surface area contributed by atoms with Crippen molar-refractivity contribution < 1.29 is 19.2 Å². The summed E-state index contributed by atoms with van der Waals surface area (Å²) >= 11 is 0. The number of nitrogens with one attached hydrogen (secondary N) is 2. The lowest BCUT2D eigenvalue weighted by atomic mass is 9.92. The average molecular weight is 466 g/mol. The predicted molar refractivity (Wildman–Crippen MR) is 122 cm³/mol. The highest BCUT2D eigenvalue weighted by atomic mass is 19.1. The van der Waals surface area contributed by atoms with Crippen molar-refractivity contribution >= 4 is 24.0 Å². The van der Waals surface area contributed by atoms with Gasteiger partial charge in [-0.3, -0.25) is 25.6 Å². The number of nitrogens with zero attached hydrogens (tertiary/aromatic N) is 5. The maximum Gasteiger partial charge on any atom is 0.243 e. The van der Waals surface area contributed by atoms with Crippen molar-refractivity contribution in [3.63, 3.8) is 0 Å². The van der Waals surface area contributed by atoms with Crippen LogP contribution in [0.15, 0.2) is 0 Å². The fourth-order valence-corrected chi connectivity index (χ4v) is 4.69. The molecule has 0 bridgehead atoms. The molecule has 2 aliphatic rings. The van der Waals surface area contributed by atoms with Gasteiger partial charge in [0, 0.05) is 25.6 Å². The van der Waals surface area contributed by atoms with Crippen LogP contribution >= 0.6 is 0 Å². The molecular weight excluding hydrogens is 429 g/mol. The highest BCUT2D eigenvalue weighted by Gasteiger charge is 2.30. The maximum atomic E-state index is 15.3. The minimum absolute atomic E-state index is 0.0886. The van der Waals surface area contributed by atoms with E-state index in [1.54, 1.807) is 0 Å². The number of likely N-dealkylation sites (N-methyl/N-ethyl adjacent to an activating group) is 1. The van der Waals surface area contributed by atoms with Gasteiger partial charge in [0.1, 0.15) is 5.82 Å². The SMILES string of the molecule is CCc1nc(NNC(=O)[C@H](CC2CCCC2)CN(O)C=O)c(F)c(N2CC[C@@H](N(C)C)C2)n1. The van der Waals surface area contributed by atoms with Crippen LogP contribution in [0.2, 0.25) is 0 Å². The van der Waals surface area contributed by atoms with E-state index >= 15 is 4.39 Å². The Bertz CT molecular complexity index is 819. The Morgan fingerprint density at radius 1 is 1.30 bits per heavy atom. The molecule has 1 aromatic rings. The number of carbonyl (C=O) groups is 2. The highest BCUT2D eigenvalue weighted by Crippen LogP contribution is 2.31. The largest absolute Gasteiger partial charge is 0.352 e. The van der Waals surface area contributed by atoms with Gasteiger partial charge in [0.25, 0.3) is 0 Å². The summed E-state index contributed by atoms with van der Waals surface area (Å²) in [5, 5.41) is 10.1. The number of hydroxylamine groups is 2. The van der Waals surface area contributed by atoms with E-state index in [-0.39, 0.29) is 24.6 Å². The topological polar surface area (TPSA) is 114 Å². The summed E-state index contributed by atoms with van der Waals surface area (Å²) in [7, 11) is 4.01. The van der Waals surface area contributed by atoms with Crippen LogP contribution < -0.4 is 15.8 Å². The van der Waals surface area contributed by atoms with E-state index in [1.165, 1.54) is 0 Å². The van der Waals surface area contributed by atoms with Crippen LogP contribution in [0.3, 0.4) is 0 Å². The predicted octanol–water partition coefficient (Wildman–Crippen LogP) is 1.81. The third-order valence-corrected chi connectivity index (χ3v) is 6.69. The molecule has 2 fully saturated rings. The maximum absolute atomic E-state index is 15.3. The summed E-state index contributed by atoms with van der Waals surface area (Å²) in [4.78, 5) is 36.4. The fourth-order valence-electron chi connectivity index (χ4n) is 4.69. The van der Waals surface area contributed by atoms with Gasteiger partial charge in [0.15, 0.2) is 11.6 Å². The van der Waals surface area contributed by atoms with E-state index in [1.807, 2.05) is 25.9 Å². The number of hydrogen-bond donors (Lipinski definition) is 3. The number of amides is 2. The van der Waals surface area contributed by atoms with Crippen LogP contribution in [0.1, 0.15) is 51.3 Å². The van der Waals surface area contributed by atoms with Crippen molar-refractivity contribution in [2.24, 2.45) is 11.8 Å². The molecule has 2 heterocycles. The van der Waals surface area contributed by atoms with E-state index in [0.29, 0.717) is 48.8 Å². The third-order valence-electron chi connectivity index (χ3n) is 6.69. The molecule has 1 aliphatic carbocycles. The second-order valence-corrected chi connectivity index (χ2v) is 9.26. The molecule has 11 heteroatoms. The zero-order valence-corrected chi connectivity index (χ0v) is 19.8. The Balaban J connectivity index is 1.71. The molecule has 1 aliphatic heterocycles. The van der Waals surface area contributed by atoms with Crippen LogP contribution in [-0.2, 0) is 16.0 Å². The van der Waals surface area contributed by atoms with Gasteiger partial charge in [-0.2, -0.15) is 4.39 Å². The van der Waals surface area contributed by atoms with Gasteiger partial charge in [0.05, 0.1) is 12.5 Å². The Morgan fingerprint density at radius 2 is 2.03 bits per heavy atom. The second-order valence-electron chi connectivity index (χ2n) is 9.26. The van der Waals surface area contributed by atoms with Gasteiger partial charge in [0.2, 0.25) is 18.1 Å². The van der Waals surface area contributed by atoms with Gasteiger partial charge >= 0.3 is 0 Å². The molecule has 1 aromatic heterocycles. The number of carbonyl (C=O) groups excluding carboxylic acids is 2. The van der Waals surface area contributed by atoms with Crippen molar-refractivity contribution in [3.05, 3.63) is 11.6 Å². The second kappa shape index (κ2) is 11.6. The lowest BCUT2D eigenvalue weighted by Gasteiger charge is -2.24. The zero-order chi connectivity index (χ0) is 24.0. The molecule has 1 saturated heterocycles. The van der Waals surface area contributed by atoms with E-state index in [4.69, 9.17) is 0 Å². The van der Waals surface area contributed by atoms with Crippen LogP contribution in [0.4, 0.5) is 16.0 Å². The van der Waals surface area contributed by atoms with Crippen molar-refractivity contribution in [2.75, 3.05) is 44.1 Å². The standard InChI is InChI=1S/C22H36FN7O3/c1-4-18-24-20(19(23)21(25-18)29-10-9-17(13-29)28(2)3)26-27-22(32)16(12-30(33)14-31)11-15-7-5-6-8-15/h14-17,33H,4-13H2,1-3H3,(H,27,32)(H,24,25,26)/t16-,17-/m1/s1. The first-order valence-corrected chi connectivity index (χ1v) is 11.8. The van der Waals surface area contributed by atoms with Crippen LogP contribution in [0, 0.1) is 17.7 Å². The van der Waals surface area contributed by atoms with Gasteiger partial charge in [-0.05, 0) is 32.9 Å². The molecule has 0 radical (unpaired) electrons. The fraction of sp³-hybridized carbons (Fsp3) is 0.727. The monoisotopic (exact) mass is 465 g/mol. The summed E-state index contributed by atoms with van der Waals surface area (Å²) in [6.07, 6.45) is 6.55. The quantitative estimate of drug-likeness (QED) is 0.258. The van der Waals surface area contributed by atoms with E-state index in [2.05, 4.69) is 25.7 Å². The summed E-state index contributed by atoms with van der Waals surface area (Å²) in [6, 6.07) is 0.316. The van der Waals surface area contributed by atoms with Crippen molar-refractivity contribution in [1.29, 1.82) is 0 Å². The van der Waals surface area contributed by atoms with Gasteiger partial charge in [-0.1, -0.05) is 32.6 Å². The molecule has 0 unspecified atom stereocenters. The minimum Gasteiger partial charge on any atom is -0.352 e. The molecule has 184 valence electrons. The van der Waals surface area contributed by atoms with Crippen molar-refractivity contribution in [1.82, 2.24) is 25.4 Å². The van der Waals surface area contributed by atoms with Gasteiger partial charge in [-0.15, -0.1) is 0 Å². The average Bonchev–Trinajstić information content (AvgIpc) is 3.50. The van der Waals surface area contributed by atoms with E-state index < -0.39 is 17.6 Å². The number of halogens is 1. The van der Waals surface area contributed by atoms with Crippen LogP contribution in [0.25, 0.3) is 0 Å². The Labute approximate surface area is 194 Å². The van der Waals surface area contributed by atoms with Gasteiger partial charge < -0.3 is 9.80 Å². The molecule has 1 saturated carbocycles. The summed E-state index contributed by atoms with van der Waals surface area (Å²) < 4.78 is 15.3. The lowest BCUT2D eigenvalue weighted by molar-refractivity contribution is -0.154. The molecule has 33 heavy (non-hydrogen) atoms. The molecule has 3 N–H and O–H groups in total. The third kappa shape index (κ3) is 6.50. The first-order valence-electron chi connectivity index (χ1n) is 11.8. The first kappa shape index (κ1) is 25.1. The Kier molecular flexibility index (Phi) is 8.79. The van der Waals surface area contributed by atoms with Crippen molar-refractivity contribution in [2.45, 2.75) is 57.9 Å². The number of hydrazine groups is 1. The van der Waals surface area contributed by atoms with Crippen LogP contribution in [-0.4, -0.2) is 77.2 Å². The number of anilines is 2. The molecule has 3 rings (SSSR count). The van der Waals surface area contributed by atoms with Crippen molar-refractivity contribution in [3.8, 4) is 0 Å². The number of rotatable bonds is 11. The van der Waals surface area contributed by atoms with E-state index in [9.17, 15) is 14.8 Å². The highest BCUT2D eigenvalue weighted by molar-refractivity contribution is 5.80. The molecule has 0 aromatic carbocycles. The molecular formula is C22H36FN7O3. The number of aromatic nitrogens is 2. The minimum atomic E-state index is -0.620. The Hall–Kier alpha value is -2.53. The summed E-state index contributed by atoms with van der Waals surface area (Å²) in [6.45, 7) is 3.12. The molecule has 2 atom stereocenters. The molecule has 0 spiro atoms. The smallest absolute Gasteiger partial charge is 0.243 e. The first-order chi connectivity index (χ1) is 15.8. The Morgan fingerprint density at radius 3 is 2.64 bits per heavy atom. The summed E-state index contributed by atoms with van der Waals surface area (Å²) in [5.74, 6) is -0.672.